The lowest BCUT2D eigenvalue weighted by Crippen LogP contribution is -2.58. The first-order valence-corrected chi connectivity index (χ1v) is 19.0. The van der Waals surface area contributed by atoms with Crippen molar-refractivity contribution in [3.63, 3.8) is 0 Å². The molecule has 284 valence electrons. The largest absolute Gasteiger partial charge is 0.473 e. The average Bonchev–Trinajstić information content (AvgIpc) is 3.52. The van der Waals surface area contributed by atoms with Crippen LogP contribution in [0.2, 0.25) is 0 Å². The molecule has 1 N–H and O–H groups in total. The van der Waals surface area contributed by atoms with Crippen molar-refractivity contribution in [2.75, 3.05) is 50.8 Å². The second-order valence-electron chi connectivity index (χ2n) is 15.4. The van der Waals surface area contributed by atoms with Gasteiger partial charge in [0.05, 0.1) is 29.4 Å². The number of nitrogens with zero attached hydrogens (tertiary/aromatic N) is 6. The van der Waals surface area contributed by atoms with Crippen molar-refractivity contribution in [1.82, 2.24) is 24.6 Å². The van der Waals surface area contributed by atoms with Crippen molar-refractivity contribution in [3.05, 3.63) is 102 Å². The summed E-state index contributed by atoms with van der Waals surface area (Å²) in [4.78, 5) is 24.2. The zero-order valence-corrected chi connectivity index (χ0v) is 31.9. The lowest BCUT2D eigenvalue weighted by molar-refractivity contribution is -0.0139. The molecule has 0 aliphatic carbocycles. The summed E-state index contributed by atoms with van der Waals surface area (Å²) < 4.78 is 20.1. The van der Waals surface area contributed by atoms with Gasteiger partial charge in [0.25, 0.3) is 0 Å². The molecule has 0 spiro atoms. The first kappa shape index (κ1) is 37.2. The van der Waals surface area contributed by atoms with Gasteiger partial charge < -0.3 is 29.1 Å². The summed E-state index contributed by atoms with van der Waals surface area (Å²) in [5, 5.41) is 16.2. The smallest absolute Gasteiger partial charge is 0.410 e. The van der Waals surface area contributed by atoms with Crippen molar-refractivity contribution in [2.24, 2.45) is 13.0 Å². The Labute approximate surface area is 318 Å². The molecule has 11 heteroatoms. The van der Waals surface area contributed by atoms with Gasteiger partial charge in [0, 0.05) is 57.8 Å². The van der Waals surface area contributed by atoms with Gasteiger partial charge in [0.15, 0.2) is 0 Å². The van der Waals surface area contributed by atoms with Gasteiger partial charge in [-0.2, -0.15) is 10.1 Å². The number of benzene rings is 3. The third-order valence-electron chi connectivity index (χ3n) is 10.3. The molecule has 1 amide bonds. The van der Waals surface area contributed by atoms with Gasteiger partial charge in [0.2, 0.25) is 11.8 Å². The topological polar surface area (TPSA) is 105 Å². The van der Waals surface area contributed by atoms with Crippen LogP contribution in [0.15, 0.2) is 91.0 Å². The van der Waals surface area contributed by atoms with E-state index in [0.717, 1.165) is 72.3 Å². The molecule has 2 aliphatic rings. The summed E-state index contributed by atoms with van der Waals surface area (Å²) in [5.41, 5.74) is 5.43. The number of aromatic nitrogens is 3. The van der Waals surface area contributed by atoms with Crippen LogP contribution < -0.4 is 14.4 Å². The number of rotatable bonds is 11. The number of hydrogen-bond donors (Lipinski definition) is 1. The summed E-state index contributed by atoms with van der Waals surface area (Å²) in [6.07, 6.45) is 1.77. The number of aliphatic hydroxyl groups is 1. The van der Waals surface area contributed by atoms with Crippen molar-refractivity contribution in [2.45, 2.75) is 58.5 Å². The fraction of sp³-hybridized carbons (Fsp3) is 0.419. The lowest BCUT2D eigenvalue weighted by Gasteiger charge is -2.43. The minimum atomic E-state index is -0.565. The number of aryl methyl sites for hydroxylation is 1. The second-order valence-corrected chi connectivity index (χ2v) is 15.4. The first-order chi connectivity index (χ1) is 26.1. The van der Waals surface area contributed by atoms with E-state index in [2.05, 4.69) is 28.0 Å². The third-order valence-corrected chi connectivity index (χ3v) is 10.3. The lowest BCUT2D eigenvalue weighted by atomic mass is 9.95. The van der Waals surface area contributed by atoms with Gasteiger partial charge in [-0.15, -0.1) is 0 Å². The molecule has 2 saturated heterocycles. The van der Waals surface area contributed by atoms with Crippen molar-refractivity contribution < 1.29 is 24.1 Å². The van der Waals surface area contributed by atoms with E-state index in [0.29, 0.717) is 44.0 Å². The SMILES string of the molecule is Cn1nc(-c2ccc(OCc3ccccc3)nc2OCc2ccccc2)c2cccc(N3CCC(CN4CCN(C(=O)OC(C)(C)C)[C@H](CO)C4)CC3)c21. The molecule has 0 radical (unpaired) electrons. The van der Waals surface area contributed by atoms with Gasteiger partial charge in [-0.05, 0) is 62.8 Å². The van der Waals surface area contributed by atoms with Crippen LogP contribution in [0.25, 0.3) is 22.2 Å². The van der Waals surface area contributed by atoms with Gasteiger partial charge in [0.1, 0.15) is 24.5 Å². The number of aliphatic hydroxyl groups excluding tert-OH is 1. The number of piperidine rings is 1. The Balaban J connectivity index is 1.05. The molecule has 0 saturated carbocycles. The zero-order valence-electron chi connectivity index (χ0n) is 31.9. The van der Waals surface area contributed by atoms with E-state index < -0.39 is 5.60 Å². The van der Waals surface area contributed by atoms with E-state index >= 15 is 0 Å². The minimum absolute atomic E-state index is 0.0756. The predicted octanol–water partition coefficient (Wildman–Crippen LogP) is 6.92. The molecule has 54 heavy (non-hydrogen) atoms. The van der Waals surface area contributed by atoms with Crippen LogP contribution in [-0.2, 0) is 25.0 Å². The number of hydrogen-bond acceptors (Lipinski definition) is 9. The third kappa shape index (κ3) is 8.80. The summed E-state index contributed by atoms with van der Waals surface area (Å²) in [6, 6.07) is 30.2. The summed E-state index contributed by atoms with van der Waals surface area (Å²) in [7, 11) is 2.01. The van der Waals surface area contributed by atoms with E-state index in [1.54, 1.807) is 4.90 Å². The maximum atomic E-state index is 12.8. The monoisotopic (exact) mass is 732 g/mol. The number of piperazine rings is 1. The molecule has 2 aromatic heterocycles. The second kappa shape index (κ2) is 16.5. The Morgan fingerprint density at radius 1 is 0.833 bits per heavy atom. The highest BCUT2D eigenvalue weighted by atomic mass is 16.6. The van der Waals surface area contributed by atoms with Crippen LogP contribution >= 0.6 is 0 Å². The number of carbonyl (C=O) groups is 1. The van der Waals surface area contributed by atoms with Gasteiger partial charge in [-0.3, -0.25) is 9.58 Å². The Morgan fingerprint density at radius 2 is 1.52 bits per heavy atom. The Bertz CT molecular complexity index is 2010. The predicted molar refractivity (Wildman–Crippen MR) is 211 cm³/mol. The van der Waals surface area contributed by atoms with Gasteiger partial charge in [-0.25, -0.2) is 4.79 Å². The standard InChI is InChI=1S/C43H52N6O5/c1-43(2,3)54-42(51)49-25-24-47(27-34(49)28-50)26-31-20-22-48(23-21-31)37-17-11-16-35-39(45-46(4)40(35)37)36-18-19-38(52-29-32-12-7-5-8-13-32)44-41(36)53-30-33-14-9-6-10-15-33/h5-19,31,34,50H,20-30H2,1-4H3/t34-/m0/s1. The van der Waals surface area contributed by atoms with Crippen LogP contribution in [-0.4, -0.2) is 93.3 Å². The van der Waals surface area contributed by atoms with E-state index in [-0.39, 0.29) is 18.7 Å². The Kier molecular flexibility index (Phi) is 11.4. The Morgan fingerprint density at radius 3 is 2.19 bits per heavy atom. The fourth-order valence-corrected chi connectivity index (χ4v) is 7.55. The highest BCUT2D eigenvalue weighted by Gasteiger charge is 2.34. The average molecular weight is 733 g/mol. The molecule has 0 unspecified atom stereocenters. The van der Waals surface area contributed by atoms with E-state index in [4.69, 9.17) is 24.3 Å². The highest BCUT2D eigenvalue weighted by molar-refractivity contribution is 6.01. The van der Waals surface area contributed by atoms with Gasteiger partial charge >= 0.3 is 6.09 Å². The van der Waals surface area contributed by atoms with E-state index in [9.17, 15) is 9.90 Å². The number of fused-ring (bicyclic) bond motifs is 1. The molecular formula is C43H52N6O5. The molecule has 3 aromatic carbocycles. The number of carbonyl (C=O) groups excluding carboxylic acids is 1. The fourth-order valence-electron chi connectivity index (χ4n) is 7.55. The summed E-state index contributed by atoms with van der Waals surface area (Å²) >= 11 is 0. The number of anilines is 1. The molecule has 0 bridgehead atoms. The molecule has 4 heterocycles. The molecule has 2 fully saturated rings. The molecule has 7 rings (SSSR count). The zero-order chi connectivity index (χ0) is 37.7. The van der Waals surface area contributed by atoms with Crippen LogP contribution in [0.3, 0.4) is 0 Å². The van der Waals surface area contributed by atoms with E-state index in [1.165, 1.54) is 5.69 Å². The maximum Gasteiger partial charge on any atom is 0.410 e. The molecule has 2 aliphatic heterocycles. The molecule has 5 aromatic rings. The Hall–Kier alpha value is -5.13. The highest BCUT2D eigenvalue weighted by Crippen LogP contribution is 2.39. The van der Waals surface area contributed by atoms with Crippen LogP contribution in [0.5, 0.6) is 11.8 Å². The van der Waals surface area contributed by atoms with Crippen LogP contribution in [0.1, 0.15) is 44.7 Å². The minimum Gasteiger partial charge on any atom is -0.473 e. The number of pyridine rings is 1. The number of amides is 1. The maximum absolute atomic E-state index is 12.8. The summed E-state index contributed by atoms with van der Waals surface area (Å²) in [6.45, 7) is 11.1. The van der Waals surface area contributed by atoms with Crippen molar-refractivity contribution in [3.8, 4) is 23.0 Å². The summed E-state index contributed by atoms with van der Waals surface area (Å²) in [5.74, 6) is 1.50. The first-order valence-electron chi connectivity index (χ1n) is 19.0. The van der Waals surface area contributed by atoms with Crippen LogP contribution in [0.4, 0.5) is 10.5 Å². The quantitative estimate of drug-likeness (QED) is 0.155. The van der Waals surface area contributed by atoms with Gasteiger partial charge in [-0.1, -0.05) is 72.8 Å². The van der Waals surface area contributed by atoms with Crippen molar-refractivity contribution in [1.29, 1.82) is 0 Å². The molecular weight excluding hydrogens is 681 g/mol. The molecule has 1 atom stereocenters. The van der Waals surface area contributed by atoms with Crippen molar-refractivity contribution >= 4 is 22.7 Å². The number of para-hydroxylation sites is 1. The normalized spacial score (nSPS) is 17.2. The van der Waals surface area contributed by atoms with Crippen LogP contribution in [0, 0.1) is 5.92 Å². The number of ether oxygens (including phenoxy) is 3. The molecule has 11 nitrogen and oxygen atoms in total. The van der Waals surface area contributed by atoms with E-state index in [1.807, 2.05) is 105 Å².